The van der Waals surface area contributed by atoms with Gasteiger partial charge in [-0.05, 0) is 29.5 Å². The molecule has 2 atom stereocenters. The summed E-state index contributed by atoms with van der Waals surface area (Å²) < 4.78 is 10.8. The summed E-state index contributed by atoms with van der Waals surface area (Å²) in [4.78, 5) is 0. The molecular weight excluding hydrogens is 216 g/mol. The number of hydrogen-bond acceptors (Lipinski definition) is 3. The number of fused-ring (bicyclic) bond motifs is 1. The number of benzene rings is 1. The maximum absolute atomic E-state index is 10.4. The molecule has 17 heavy (non-hydrogen) atoms. The summed E-state index contributed by atoms with van der Waals surface area (Å²) in [6, 6.07) is 6.18. The van der Waals surface area contributed by atoms with Crippen LogP contribution in [-0.4, -0.2) is 18.3 Å². The Balaban J connectivity index is 1.78. The standard InChI is InChI=1S/C14H18O3/c15-14(12-2-1-5-16-8-12)10-3-4-11-7-17-9-13(11)6-10/h3-4,6,12,14-15H,1-2,5,7-9H2. The third-order valence-corrected chi connectivity index (χ3v) is 3.73. The lowest BCUT2D eigenvalue weighted by atomic mass is 9.90. The van der Waals surface area contributed by atoms with Crippen molar-refractivity contribution in [2.24, 2.45) is 5.92 Å². The largest absolute Gasteiger partial charge is 0.388 e. The van der Waals surface area contributed by atoms with E-state index >= 15 is 0 Å². The van der Waals surface area contributed by atoms with Gasteiger partial charge in [0, 0.05) is 12.5 Å². The molecule has 1 saturated heterocycles. The molecule has 2 aliphatic rings. The highest BCUT2D eigenvalue weighted by molar-refractivity contribution is 5.34. The molecule has 0 spiro atoms. The van der Waals surface area contributed by atoms with Crippen molar-refractivity contribution in [2.75, 3.05) is 13.2 Å². The van der Waals surface area contributed by atoms with Gasteiger partial charge in [-0.15, -0.1) is 0 Å². The molecule has 0 saturated carbocycles. The molecule has 1 aromatic carbocycles. The van der Waals surface area contributed by atoms with Crippen LogP contribution in [0.1, 0.15) is 35.6 Å². The van der Waals surface area contributed by atoms with Crippen LogP contribution in [-0.2, 0) is 22.7 Å². The molecule has 3 rings (SSSR count). The molecule has 92 valence electrons. The van der Waals surface area contributed by atoms with Gasteiger partial charge in [0.25, 0.3) is 0 Å². The zero-order chi connectivity index (χ0) is 11.7. The van der Waals surface area contributed by atoms with E-state index in [9.17, 15) is 5.11 Å². The molecular formula is C14H18O3. The Labute approximate surface area is 101 Å². The van der Waals surface area contributed by atoms with E-state index in [1.54, 1.807) is 0 Å². The summed E-state index contributed by atoms with van der Waals surface area (Å²) in [7, 11) is 0. The van der Waals surface area contributed by atoms with Gasteiger partial charge in [0.2, 0.25) is 0 Å². The van der Waals surface area contributed by atoms with E-state index in [0.29, 0.717) is 19.8 Å². The summed E-state index contributed by atoms with van der Waals surface area (Å²) in [5.41, 5.74) is 3.48. The Morgan fingerprint density at radius 2 is 2.06 bits per heavy atom. The van der Waals surface area contributed by atoms with Gasteiger partial charge in [0.1, 0.15) is 0 Å². The van der Waals surface area contributed by atoms with Crippen LogP contribution in [0.25, 0.3) is 0 Å². The van der Waals surface area contributed by atoms with E-state index < -0.39 is 6.10 Å². The topological polar surface area (TPSA) is 38.7 Å². The molecule has 2 heterocycles. The highest BCUT2D eigenvalue weighted by Crippen LogP contribution is 2.31. The van der Waals surface area contributed by atoms with Crippen LogP contribution in [0.2, 0.25) is 0 Å². The first kappa shape index (κ1) is 11.2. The van der Waals surface area contributed by atoms with Gasteiger partial charge in [-0.25, -0.2) is 0 Å². The van der Waals surface area contributed by atoms with Crippen molar-refractivity contribution in [2.45, 2.75) is 32.2 Å². The summed E-state index contributed by atoms with van der Waals surface area (Å²) in [5.74, 6) is 0.240. The van der Waals surface area contributed by atoms with E-state index in [1.165, 1.54) is 11.1 Å². The second kappa shape index (κ2) is 4.77. The van der Waals surface area contributed by atoms with Gasteiger partial charge in [0.15, 0.2) is 0 Å². The van der Waals surface area contributed by atoms with Crippen molar-refractivity contribution in [1.82, 2.24) is 0 Å². The van der Waals surface area contributed by atoms with Gasteiger partial charge in [-0.1, -0.05) is 18.2 Å². The monoisotopic (exact) mass is 234 g/mol. The first-order valence-corrected chi connectivity index (χ1v) is 6.30. The van der Waals surface area contributed by atoms with Crippen molar-refractivity contribution >= 4 is 0 Å². The molecule has 2 aliphatic heterocycles. The number of aliphatic hydroxyl groups is 1. The predicted molar refractivity (Wildman–Crippen MR) is 63.4 cm³/mol. The molecule has 1 aromatic rings. The second-order valence-corrected chi connectivity index (χ2v) is 4.94. The minimum atomic E-state index is -0.402. The van der Waals surface area contributed by atoms with Crippen LogP contribution >= 0.6 is 0 Å². The van der Waals surface area contributed by atoms with E-state index in [2.05, 4.69) is 12.1 Å². The highest BCUT2D eigenvalue weighted by atomic mass is 16.5. The summed E-state index contributed by atoms with van der Waals surface area (Å²) in [5, 5.41) is 10.4. The Morgan fingerprint density at radius 3 is 2.88 bits per heavy atom. The van der Waals surface area contributed by atoms with E-state index in [-0.39, 0.29) is 5.92 Å². The number of hydrogen-bond donors (Lipinski definition) is 1. The fourth-order valence-electron chi connectivity index (χ4n) is 2.66. The van der Waals surface area contributed by atoms with Crippen LogP contribution in [0.4, 0.5) is 0 Å². The molecule has 0 amide bonds. The molecule has 0 aliphatic carbocycles. The number of rotatable bonds is 2. The van der Waals surface area contributed by atoms with Gasteiger partial charge in [-0.2, -0.15) is 0 Å². The molecule has 2 unspecified atom stereocenters. The highest BCUT2D eigenvalue weighted by Gasteiger charge is 2.24. The summed E-state index contributed by atoms with van der Waals surface area (Å²) >= 11 is 0. The van der Waals surface area contributed by atoms with Crippen molar-refractivity contribution in [3.8, 4) is 0 Å². The van der Waals surface area contributed by atoms with E-state index in [0.717, 1.165) is 25.0 Å². The fourth-order valence-corrected chi connectivity index (χ4v) is 2.66. The smallest absolute Gasteiger partial charge is 0.0840 e. The SMILES string of the molecule is OC(c1ccc2c(c1)COC2)C1CCCOC1. The van der Waals surface area contributed by atoms with Crippen LogP contribution in [0.15, 0.2) is 18.2 Å². The number of aliphatic hydroxyl groups excluding tert-OH is 1. The Morgan fingerprint density at radius 1 is 1.18 bits per heavy atom. The molecule has 1 N–H and O–H groups in total. The van der Waals surface area contributed by atoms with Crippen LogP contribution < -0.4 is 0 Å². The van der Waals surface area contributed by atoms with E-state index in [1.807, 2.05) is 6.07 Å². The minimum absolute atomic E-state index is 0.240. The van der Waals surface area contributed by atoms with Crippen molar-refractivity contribution in [1.29, 1.82) is 0 Å². The van der Waals surface area contributed by atoms with Gasteiger partial charge in [0.05, 0.1) is 25.9 Å². The first-order valence-electron chi connectivity index (χ1n) is 6.30. The quantitative estimate of drug-likeness (QED) is 0.852. The fraction of sp³-hybridized carbons (Fsp3) is 0.571. The van der Waals surface area contributed by atoms with Crippen LogP contribution in [0.3, 0.4) is 0 Å². The zero-order valence-electron chi connectivity index (χ0n) is 9.89. The lowest BCUT2D eigenvalue weighted by molar-refractivity contribution is -0.00999. The first-order chi connectivity index (χ1) is 8.34. The average molecular weight is 234 g/mol. The summed E-state index contributed by atoms with van der Waals surface area (Å²) in [6.07, 6.45) is 1.70. The minimum Gasteiger partial charge on any atom is -0.388 e. The van der Waals surface area contributed by atoms with Gasteiger partial charge < -0.3 is 14.6 Å². The molecule has 1 fully saturated rings. The van der Waals surface area contributed by atoms with Crippen LogP contribution in [0.5, 0.6) is 0 Å². The molecule has 3 nitrogen and oxygen atoms in total. The van der Waals surface area contributed by atoms with Crippen molar-refractivity contribution < 1.29 is 14.6 Å². The van der Waals surface area contributed by atoms with Gasteiger partial charge in [-0.3, -0.25) is 0 Å². The molecule has 0 radical (unpaired) electrons. The molecule has 0 aromatic heterocycles. The second-order valence-electron chi connectivity index (χ2n) is 4.94. The lowest BCUT2D eigenvalue weighted by Gasteiger charge is -2.27. The van der Waals surface area contributed by atoms with Crippen molar-refractivity contribution in [3.05, 3.63) is 34.9 Å². The van der Waals surface area contributed by atoms with Crippen LogP contribution in [0, 0.1) is 5.92 Å². The Bertz CT molecular complexity index is 396. The number of ether oxygens (including phenoxy) is 2. The Kier molecular flexibility index (Phi) is 3.14. The van der Waals surface area contributed by atoms with Gasteiger partial charge >= 0.3 is 0 Å². The zero-order valence-corrected chi connectivity index (χ0v) is 9.89. The predicted octanol–water partition coefficient (Wildman–Crippen LogP) is 2.18. The van der Waals surface area contributed by atoms with E-state index in [4.69, 9.17) is 9.47 Å². The summed E-state index contributed by atoms with van der Waals surface area (Å²) in [6.45, 7) is 2.89. The average Bonchev–Trinajstić information content (AvgIpc) is 2.86. The third kappa shape index (κ3) is 2.23. The maximum atomic E-state index is 10.4. The molecule has 3 heteroatoms. The van der Waals surface area contributed by atoms with Crippen molar-refractivity contribution in [3.63, 3.8) is 0 Å². The lowest BCUT2D eigenvalue weighted by Crippen LogP contribution is -2.23. The normalized spacial score (nSPS) is 25.6. The third-order valence-electron chi connectivity index (χ3n) is 3.73. The molecule has 0 bridgehead atoms. The maximum Gasteiger partial charge on any atom is 0.0840 e. The Hall–Kier alpha value is -0.900.